The van der Waals surface area contributed by atoms with Gasteiger partial charge >= 0.3 is 0 Å². The third-order valence-electron chi connectivity index (χ3n) is 3.61. The molecular formula is C15H18FN3S. The van der Waals surface area contributed by atoms with E-state index in [2.05, 4.69) is 27.6 Å². The number of likely N-dealkylation sites (tertiary alicyclic amines) is 1. The van der Waals surface area contributed by atoms with E-state index in [9.17, 15) is 4.39 Å². The first-order valence-corrected chi connectivity index (χ1v) is 7.71. The van der Waals surface area contributed by atoms with Crippen LogP contribution in [-0.2, 0) is 6.54 Å². The quantitative estimate of drug-likeness (QED) is 0.939. The van der Waals surface area contributed by atoms with Crippen molar-refractivity contribution in [1.82, 2.24) is 15.2 Å². The van der Waals surface area contributed by atoms with Gasteiger partial charge in [0, 0.05) is 30.1 Å². The second kappa shape index (κ2) is 5.99. The number of nitrogens with one attached hydrogen (secondary N) is 1. The maximum absolute atomic E-state index is 12.9. The molecular weight excluding hydrogens is 273 g/mol. The van der Waals surface area contributed by atoms with Gasteiger partial charge in [-0.1, -0.05) is 0 Å². The zero-order valence-corrected chi connectivity index (χ0v) is 12.3. The summed E-state index contributed by atoms with van der Waals surface area (Å²) in [5, 5.41) is 6.57. The summed E-state index contributed by atoms with van der Waals surface area (Å²) < 4.78 is 12.9. The summed E-state index contributed by atoms with van der Waals surface area (Å²) in [5.41, 5.74) is 2.03. The van der Waals surface area contributed by atoms with E-state index < -0.39 is 0 Å². The number of hydrogen-bond donors (Lipinski definition) is 1. The van der Waals surface area contributed by atoms with Gasteiger partial charge in [0.15, 0.2) is 0 Å². The zero-order valence-electron chi connectivity index (χ0n) is 11.5. The molecule has 0 spiro atoms. The summed E-state index contributed by atoms with van der Waals surface area (Å²) >= 11 is 1.61. The summed E-state index contributed by atoms with van der Waals surface area (Å²) in [5.74, 6) is -0.211. The Morgan fingerprint density at radius 2 is 2.20 bits per heavy atom. The molecule has 0 bridgehead atoms. The highest BCUT2D eigenvalue weighted by Gasteiger charge is 2.18. The van der Waals surface area contributed by atoms with Crippen LogP contribution >= 0.6 is 11.3 Å². The van der Waals surface area contributed by atoms with Crippen molar-refractivity contribution in [2.24, 2.45) is 0 Å². The fraction of sp³-hybridized carbons (Fsp3) is 0.400. The Morgan fingerprint density at radius 3 is 2.90 bits per heavy atom. The molecule has 1 aliphatic heterocycles. The van der Waals surface area contributed by atoms with Crippen molar-refractivity contribution in [2.45, 2.75) is 19.0 Å². The molecule has 1 aromatic heterocycles. The molecule has 1 aromatic carbocycles. The van der Waals surface area contributed by atoms with Crippen LogP contribution in [0.2, 0.25) is 0 Å². The van der Waals surface area contributed by atoms with E-state index in [1.807, 2.05) is 0 Å². The fourth-order valence-electron chi connectivity index (χ4n) is 2.46. The maximum atomic E-state index is 12.9. The first kappa shape index (κ1) is 13.7. The number of rotatable bonds is 4. The SMILES string of the molecule is CN1CCC(NCc2csc(-c3ccc(F)cc3)n2)C1. The van der Waals surface area contributed by atoms with Crippen molar-refractivity contribution in [1.29, 1.82) is 0 Å². The van der Waals surface area contributed by atoms with Gasteiger partial charge in [-0.05, 0) is 44.3 Å². The highest BCUT2D eigenvalue weighted by atomic mass is 32.1. The molecule has 1 atom stereocenters. The van der Waals surface area contributed by atoms with Crippen molar-refractivity contribution in [3.8, 4) is 10.6 Å². The summed E-state index contributed by atoms with van der Waals surface area (Å²) in [4.78, 5) is 6.95. The van der Waals surface area contributed by atoms with Crippen LogP contribution in [0.15, 0.2) is 29.6 Å². The monoisotopic (exact) mass is 291 g/mol. The Hall–Kier alpha value is -1.30. The Morgan fingerprint density at radius 1 is 1.40 bits per heavy atom. The van der Waals surface area contributed by atoms with Gasteiger partial charge < -0.3 is 10.2 Å². The van der Waals surface area contributed by atoms with E-state index in [0.29, 0.717) is 6.04 Å². The lowest BCUT2D eigenvalue weighted by Crippen LogP contribution is -2.31. The molecule has 0 radical (unpaired) electrons. The van der Waals surface area contributed by atoms with Crippen LogP contribution < -0.4 is 5.32 Å². The topological polar surface area (TPSA) is 28.2 Å². The van der Waals surface area contributed by atoms with Gasteiger partial charge in [-0.2, -0.15) is 0 Å². The van der Waals surface area contributed by atoms with Gasteiger partial charge in [-0.25, -0.2) is 9.37 Å². The maximum Gasteiger partial charge on any atom is 0.123 e. The Bertz CT molecular complexity index is 567. The zero-order chi connectivity index (χ0) is 13.9. The number of hydrogen-bond acceptors (Lipinski definition) is 4. The molecule has 3 rings (SSSR count). The van der Waals surface area contributed by atoms with Gasteiger partial charge in [-0.3, -0.25) is 0 Å². The lowest BCUT2D eigenvalue weighted by Gasteiger charge is -2.11. The van der Waals surface area contributed by atoms with Crippen LogP contribution in [-0.4, -0.2) is 36.1 Å². The molecule has 20 heavy (non-hydrogen) atoms. The highest BCUT2D eigenvalue weighted by Crippen LogP contribution is 2.24. The van der Waals surface area contributed by atoms with E-state index >= 15 is 0 Å². The molecule has 3 nitrogen and oxygen atoms in total. The molecule has 0 amide bonds. The van der Waals surface area contributed by atoms with Crippen molar-refractivity contribution < 1.29 is 4.39 Å². The van der Waals surface area contributed by atoms with Gasteiger partial charge in [-0.15, -0.1) is 11.3 Å². The van der Waals surface area contributed by atoms with E-state index in [-0.39, 0.29) is 5.82 Å². The molecule has 0 aliphatic carbocycles. The third-order valence-corrected chi connectivity index (χ3v) is 4.55. The number of halogens is 1. The number of nitrogens with zero attached hydrogens (tertiary/aromatic N) is 2. The van der Waals surface area contributed by atoms with Crippen molar-refractivity contribution in [3.63, 3.8) is 0 Å². The minimum absolute atomic E-state index is 0.211. The number of likely N-dealkylation sites (N-methyl/N-ethyl adjacent to an activating group) is 1. The molecule has 1 saturated heterocycles. The van der Waals surface area contributed by atoms with E-state index in [4.69, 9.17) is 0 Å². The second-order valence-corrected chi connectivity index (χ2v) is 6.14. The molecule has 2 heterocycles. The van der Waals surface area contributed by atoms with E-state index in [1.165, 1.54) is 18.6 Å². The molecule has 2 aromatic rings. The summed E-state index contributed by atoms with van der Waals surface area (Å²) in [6.45, 7) is 3.07. The molecule has 1 N–H and O–H groups in total. The predicted octanol–water partition coefficient (Wildman–Crippen LogP) is 2.74. The average molecular weight is 291 g/mol. The van der Waals surface area contributed by atoms with Crippen molar-refractivity contribution in [3.05, 3.63) is 41.2 Å². The van der Waals surface area contributed by atoms with Crippen molar-refractivity contribution >= 4 is 11.3 Å². The summed E-state index contributed by atoms with van der Waals surface area (Å²) in [6, 6.07) is 7.07. The third kappa shape index (κ3) is 3.23. The lowest BCUT2D eigenvalue weighted by molar-refractivity contribution is 0.397. The van der Waals surface area contributed by atoms with Crippen LogP contribution in [0.25, 0.3) is 10.6 Å². The normalized spacial score (nSPS) is 19.6. The molecule has 1 fully saturated rings. The van der Waals surface area contributed by atoms with Gasteiger partial charge in [0.05, 0.1) is 5.69 Å². The standard InChI is InChI=1S/C15H18FN3S/c1-19-7-6-13(9-19)17-8-14-10-20-15(18-14)11-2-4-12(16)5-3-11/h2-5,10,13,17H,6-9H2,1H3. The van der Waals surface area contributed by atoms with Crippen LogP contribution in [0, 0.1) is 5.82 Å². The van der Waals surface area contributed by atoms with E-state index in [1.54, 1.807) is 23.5 Å². The lowest BCUT2D eigenvalue weighted by atomic mass is 10.2. The highest BCUT2D eigenvalue weighted by molar-refractivity contribution is 7.13. The Balaban J connectivity index is 1.60. The molecule has 5 heteroatoms. The van der Waals surface area contributed by atoms with Crippen LogP contribution in [0.3, 0.4) is 0 Å². The smallest absolute Gasteiger partial charge is 0.123 e. The Kier molecular flexibility index (Phi) is 4.10. The average Bonchev–Trinajstić information content (AvgIpc) is 3.06. The Labute approximate surface area is 122 Å². The predicted molar refractivity (Wildman–Crippen MR) is 80.2 cm³/mol. The second-order valence-electron chi connectivity index (χ2n) is 5.28. The largest absolute Gasteiger partial charge is 0.307 e. The van der Waals surface area contributed by atoms with Gasteiger partial charge in [0.25, 0.3) is 0 Å². The first-order valence-electron chi connectivity index (χ1n) is 6.83. The number of aromatic nitrogens is 1. The van der Waals surface area contributed by atoms with E-state index in [0.717, 1.165) is 35.9 Å². The number of thiazole rings is 1. The van der Waals surface area contributed by atoms with Crippen LogP contribution in [0.1, 0.15) is 12.1 Å². The molecule has 1 unspecified atom stereocenters. The minimum Gasteiger partial charge on any atom is -0.307 e. The first-order chi connectivity index (χ1) is 9.70. The summed E-state index contributed by atoms with van der Waals surface area (Å²) in [7, 11) is 2.15. The van der Waals surface area contributed by atoms with Crippen LogP contribution in [0.5, 0.6) is 0 Å². The molecule has 1 aliphatic rings. The summed E-state index contributed by atoms with van der Waals surface area (Å²) in [6.07, 6.45) is 1.20. The molecule has 0 saturated carbocycles. The number of benzene rings is 1. The van der Waals surface area contributed by atoms with Gasteiger partial charge in [0.1, 0.15) is 10.8 Å². The fourth-order valence-corrected chi connectivity index (χ4v) is 3.29. The van der Waals surface area contributed by atoms with Gasteiger partial charge in [0.2, 0.25) is 0 Å². The minimum atomic E-state index is -0.211. The molecule has 106 valence electrons. The van der Waals surface area contributed by atoms with Crippen LogP contribution in [0.4, 0.5) is 4.39 Å². The van der Waals surface area contributed by atoms with Crippen molar-refractivity contribution in [2.75, 3.05) is 20.1 Å².